The molecule has 0 aromatic heterocycles. The molecule has 88 valence electrons. The average molecular weight is 239 g/mol. The first-order chi connectivity index (χ1) is 7.86. The van der Waals surface area contributed by atoms with E-state index < -0.39 is 0 Å². The van der Waals surface area contributed by atoms with Gasteiger partial charge in [0.1, 0.15) is 0 Å². The topological polar surface area (TPSA) is 24.1 Å². The molecule has 1 aromatic rings. The summed E-state index contributed by atoms with van der Waals surface area (Å²) in [6.07, 6.45) is 3.96. The van der Waals surface area contributed by atoms with Gasteiger partial charge in [-0.05, 0) is 31.0 Å². The van der Waals surface area contributed by atoms with Gasteiger partial charge in [-0.3, -0.25) is 0 Å². The molecule has 3 heteroatoms. The SMILES string of the molecule is Clc1ccccc1CNC[C@@H]1CCCCN1. The van der Waals surface area contributed by atoms with E-state index in [9.17, 15) is 0 Å². The monoisotopic (exact) mass is 238 g/mol. The number of rotatable bonds is 4. The zero-order valence-electron chi connectivity index (χ0n) is 9.51. The van der Waals surface area contributed by atoms with Crippen LogP contribution in [0.5, 0.6) is 0 Å². The van der Waals surface area contributed by atoms with Crippen molar-refractivity contribution in [2.75, 3.05) is 13.1 Å². The fraction of sp³-hybridized carbons (Fsp3) is 0.538. The first kappa shape index (κ1) is 11.9. The minimum atomic E-state index is 0.635. The van der Waals surface area contributed by atoms with Gasteiger partial charge in [-0.15, -0.1) is 0 Å². The molecule has 1 aliphatic rings. The molecule has 0 amide bonds. The van der Waals surface area contributed by atoms with Crippen molar-refractivity contribution in [1.29, 1.82) is 0 Å². The molecule has 1 saturated heterocycles. The van der Waals surface area contributed by atoms with E-state index in [1.54, 1.807) is 0 Å². The van der Waals surface area contributed by atoms with Crippen LogP contribution in [0.4, 0.5) is 0 Å². The maximum Gasteiger partial charge on any atom is 0.0450 e. The molecule has 0 radical (unpaired) electrons. The van der Waals surface area contributed by atoms with E-state index in [2.05, 4.69) is 16.7 Å². The van der Waals surface area contributed by atoms with Crippen LogP contribution in [0.3, 0.4) is 0 Å². The summed E-state index contributed by atoms with van der Waals surface area (Å²) in [7, 11) is 0. The molecule has 0 bridgehead atoms. The average Bonchev–Trinajstić information content (AvgIpc) is 2.33. The molecular weight excluding hydrogens is 220 g/mol. The standard InChI is InChI=1S/C13H19ClN2/c14-13-7-2-1-5-11(13)9-15-10-12-6-3-4-8-16-12/h1-2,5,7,12,15-16H,3-4,6,8-10H2/t12-/m0/s1. The first-order valence-electron chi connectivity index (χ1n) is 6.04. The molecule has 1 aromatic carbocycles. The lowest BCUT2D eigenvalue weighted by atomic mass is 10.1. The Morgan fingerprint density at radius 3 is 2.94 bits per heavy atom. The number of benzene rings is 1. The van der Waals surface area contributed by atoms with Gasteiger partial charge in [0.2, 0.25) is 0 Å². The highest BCUT2D eigenvalue weighted by Gasteiger charge is 2.11. The van der Waals surface area contributed by atoms with Gasteiger partial charge < -0.3 is 10.6 Å². The molecule has 1 atom stereocenters. The van der Waals surface area contributed by atoms with Crippen LogP contribution in [0.2, 0.25) is 5.02 Å². The van der Waals surface area contributed by atoms with E-state index in [-0.39, 0.29) is 0 Å². The third-order valence-electron chi connectivity index (χ3n) is 3.08. The van der Waals surface area contributed by atoms with Crippen molar-refractivity contribution in [3.8, 4) is 0 Å². The van der Waals surface area contributed by atoms with Crippen molar-refractivity contribution >= 4 is 11.6 Å². The van der Waals surface area contributed by atoms with Gasteiger partial charge in [0.15, 0.2) is 0 Å². The molecule has 1 heterocycles. The highest BCUT2D eigenvalue weighted by molar-refractivity contribution is 6.31. The number of halogens is 1. The molecule has 1 fully saturated rings. The maximum atomic E-state index is 6.09. The lowest BCUT2D eigenvalue weighted by Crippen LogP contribution is -2.41. The van der Waals surface area contributed by atoms with Crippen LogP contribution >= 0.6 is 11.6 Å². The van der Waals surface area contributed by atoms with E-state index in [0.29, 0.717) is 6.04 Å². The normalized spacial score (nSPS) is 20.9. The number of piperidine rings is 1. The molecule has 2 rings (SSSR count). The van der Waals surface area contributed by atoms with Crippen LogP contribution in [-0.2, 0) is 6.54 Å². The minimum absolute atomic E-state index is 0.635. The quantitative estimate of drug-likeness (QED) is 0.843. The summed E-state index contributed by atoms with van der Waals surface area (Å²) in [4.78, 5) is 0. The second-order valence-electron chi connectivity index (χ2n) is 4.37. The molecule has 0 unspecified atom stereocenters. The fourth-order valence-corrected chi connectivity index (χ4v) is 2.32. The van der Waals surface area contributed by atoms with Crippen LogP contribution in [0.25, 0.3) is 0 Å². The Kier molecular flexibility index (Phi) is 4.64. The third-order valence-corrected chi connectivity index (χ3v) is 3.45. The van der Waals surface area contributed by atoms with Gasteiger partial charge in [0, 0.05) is 24.2 Å². The van der Waals surface area contributed by atoms with Gasteiger partial charge in [-0.2, -0.15) is 0 Å². The Balaban J connectivity index is 1.73. The molecule has 0 aliphatic carbocycles. The van der Waals surface area contributed by atoms with E-state index in [4.69, 9.17) is 11.6 Å². The van der Waals surface area contributed by atoms with Crippen molar-refractivity contribution in [3.63, 3.8) is 0 Å². The predicted molar refractivity (Wildman–Crippen MR) is 68.8 cm³/mol. The van der Waals surface area contributed by atoms with Crippen LogP contribution < -0.4 is 10.6 Å². The Morgan fingerprint density at radius 1 is 1.31 bits per heavy atom. The van der Waals surface area contributed by atoms with Gasteiger partial charge in [0.05, 0.1) is 0 Å². The minimum Gasteiger partial charge on any atom is -0.313 e. The van der Waals surface area contributed by atoms with Crippen molar-refractivity contribution in [2.24, 2.45) is 0 Å². The van der Waals surface area contributed by atoms with E-state index >= 15 is 0 Å². The molecule has 2 N–H and O–H groups in total. The highest BCUT2D eigenvalue weighted by atomic mass is 35.5. The Bertz CT molecular complexity index is 321. The van der Waals surface area contributed by atoms with Crippen LogP contribution in [-0.4, -0.2) is 19.1 Å². The summed E-state index contributed by atoms with van der Waals surface area (Å²) in [6.45, 7) is 3.06. The molecule has 1 aliphatic heterocycles. The summed E-state index contributed by atoms with van der Waals surface area (Å²) in [5.74, 6) is 0. The molecular formula is C13H19ClN2. The number of nitrogens with one attached hydrogen (secondary N) is 2. The highest BCUT2D eigenvalue weighted by Crippen LogP contribution is 2.14. The maximum absolute atomic E-state index is 6.09. The Morgan fingerprint density at radius 2 is 2.19 bits per heavy atom. The predicted octanol–water partition coefficient (Wildman–Crippen LogP) is 2.57. The Labute approximate surface area is 102 Å². The summed E-state index contributed by atoms with van der Waals surface area (Å²) in [5, 5.41) is 7.84. The van der Waals surface area contributed by atoms with Crippen LogP contribution in [0.1, 0.15) is 24.8 Å². The number of hydrogen-bond acceptors (Lipinski definition) is 2. The molecule has 16 heavy (non-hydrogen) atoms. The van der Waals surface area contributed by atoms with Crippen molar-refractivity contribution in [3.05, 3.63) is 34.9 Å². The smallest absolute Gasteiger partial charge is 0.0450 e. The summed E-state index contributed by atoms with van der Waals surface area (Å²) < 4.78 is 0. The molecule has 2 nitrogen and oxygen atoms in total. The van der Waals surface area contributed by atoms with Gasteiger partial charge in [0.25, 0.3) is 0 Å². The van der Waals surface area contributed by atoms with E-state index in [1.165, 1.54) is 31.4 Å². The van der Waals surface area contributed by atoms with Crippen LogP contribution in [0, 0.1) is 0 Å². The lowest BCUT2D eigenvalue weighted by Gasteiger charge is -2.23. The Hall–Kier alpha value is -0.570. The summed E-state index contributed by atoms with van der Waals surface area (Å²) in [5.41, 5.74) is 1.18. The molecule has 0 saturated carbocycles. The fourth-order valence-electron chi connectivity index (χ4n) is 2.12. The number of hydrogen-bond donors (Lipinski definition) is 2. The summed E-state index contributed by atoms with van der Waals surface area (Å²) >= 11 is 6.09. The first-order valence-corrected chi connectivity index (χ1v) is 6.41. The van der Waals surface area contributed by atoms with E-state index in [0.717, 1.165) is 18.1 Å². The van der Waals surface area contributed by atoms with Crippen molar-refractivity contribution < 1.29 is 0 Å². The zero-order chi connectivity index (χ0) is 11.2. The van der Waals surface area contributed by atoms with Crippen molar-refractivity contribution in [1.82, 2.24) is 10.6 Å². The van der Waals surface area contributed by atoms with Crippen LogP contribution in [0.15, 0.2) is 24.3 Å². The summed E-state index contributed by atoms with van der Waals surface area (Å²) in [6, 6.07) is 8.65. The largest absolute Gasteiger partial charge is 0.313 e. The van der Waals surface area contributed by atoms with Gasteiger partial charge in [-0.25, -0.2) is 0 Å². The van der Waals surface area contributed by atoms with Gasteiger partial charge in [-0.1, -0.05) is 36.2 Å². The third kappa shape index (κ3) is 3.48. The second kappa shape index (κ2) is 6.24. The van der Waals surface area contributed by atoms with Crippen molar-refractivity contribution in [2.45, 2.75) is 31.8 Å². The second-order valence-corrected chi connectivity index (χ2v) is 4.78. The lowest BCUT2D eigenvalue weighted by molar-refractivity contribution is 0.383. The zero-order valence-corrected chi connectivity index (χ0v) is 10.3. The van der Waals surface area contributed by atoms with Gasteiger partial charge >= 0.3 is 0 Å². The molecule has 0 spiro atoms. The van der Waals surface area contributed by atoms with E-state index in [1.807, 2.05) is 18.2 Å².